The van der Waals surface area contributed by atoms with E-state index in [1.54, 1.807) is 30.3 Å². The van der Waals surface area contributed by atoms with Crippen LogP contribution < -0.4 is 15.4 Å². The molecule has 0 heterocycles. The lowest BCUT2D eigenvalue weighted by molar-refractivity contribution is -0.385. The molecule has 16 heteroatoms. The van der Waals surface area contributed by atoms with Crippen molar-refractivity contribution in [3.05, 3.63) is 105 Å². The van der Waals surface area contributed by atoms with E-state index in [4.69, 9.17) is 18.5 Å². The van der Waals surface area contributed by atoms with E-state index in [9.17, 15) is 29.1 Å². The van der Waals surface area contributed by atoms with Gasteiger partial charge in [-0.3, -0.25) is 29.1 Å². The van der Waals surface area contributed by atoms with Gasteiger partial charge in [0, 0.05) is 30.2 Å². The number of carbonyl (C=O) groups excluding carboxylic acids is 3. The van der Waals surface area contributed by atoms with Crippen LogP contribution in [0.2, 0.25) is 0 Å². The number of halogens is 2. The molecule has 0 saturated heterocycles. The highest BCUT2D eigenvalue weighted by Gasteiger charge is 2.54. The van der Waals surface area contributed by atoms with Gasteiger partial charge < -0.3 is 29.2 Å². The van der Waals surface area contributed by atoms with Gasteiger partial charge in [0.2, 0.25) is 12.1 Å². The number of nitro groups is 1. The second-order valence-electron chi connectivity index (χ2n) is 10.6. The van der Waals surface area contributed by atoms with Crippen molar-refractivity contribution in [1.82, 2.24) is 10.6 Å². The van der Waals surface area contributed by atoms with Crippen LogP contribution in [-0.4, -0.2) is 55.1 Å². The Morgan fingerprint density at radius 1 is 0.980 bits per heavy atom. The smallest absolute Gasteiger partial charge is 0.404 e. The number of hydrogen-bond donors (Lipinski definition) is 2. The molecular formula is C33H38F2N3O10P. The second-order valence-corrected chi connectivity index (χ2v) is 12.6. The molecule has 0 saturated carbocycles. The summed E-state index contributed by atoms with van der Waals surface area (Å²) in [7, 11) is -4.86. The van der Waals surface area contributed by atoms with Crippen molar-refractivity contribution in [2.45, 2.75) is 51.6 Å². The molecule has 0 aliphatic carbocycles. The molecule has 1 unspecified atom stereocenters. The van der Waals surface area contributed by atoms with Crippen molar-refractivity contribution >= 4 is 31.4 Å². The average Bonchev–Trinajstić information content (AvgIpc) is 3.07. The number of nitro benzene ring substituents is 1. The maximum Gasteiger partial charge on any atom is 0.404 e. The van der Waals surface area contributed by atoms with Gasteiger partial charge in [0.25, 0.3) is 5.91 Å². The number of carbonyl (C=O) groups is 3. The van der Waals surface area contributed by atoms with Gasteiger partial charge in [-0.15, -0.1) is 0 Å². The highest BCUT2D eigenvalue weighted by atomic mass is 31.2. The third-order valence-electron chi connectivity index (χ3n) is 7.11. The van der Waals surface area contributed by atoms with Crippen molar-refractivity contribution in [1.29, 1.82) is 0 Å². The largest absolute Gasteiger partial charge is 0.487 e. The lowest BCUT2D eigenvalue weighted by Crippen LogP contribution is -2.60. The molecule has 0 aliphatic rings. The Bertz CT molecular complexity index is 1630. The number of benzene rings is 3. The number of amides is 2. The third-order valence-corrected chi connectivity index (χ3v) is 9.25. The Morgan fingerprint density at radius 3 is 2.20 bits per heavy atom. The predicted octanol–water partition coefficient (Wildman–Crippen LogP) is 5.90. The van der Waals surface area contributed by atoms with Crippen molar-refractivity contribution < 1.29 is 51.2 Å². The van der Waals surface area contributed by atoms with Gasteiger partial charge in [-0.05, 0) is 50.5 Å². The summed E-state index contributed by atoms with van der Waals surface area (Å²) in [6.45, 7) is 3.41. The molecule has 13 nitrogen and oxygen atoms in total. The number of rotatable bonds is 21. The third kappa shape index (κ3) is 9.98. The van der Waals surface area contributed by atoms with Gasteiger partial charge >= 0.3 is 18.9 Å². The van der Waals surface area contributed by atoms with Crippen LogP contribution in [0.15, 0.2) is 72.8 Å². The van der Waals surface area contributed by atoms with Gasteiger partial charge in [-0.2, -0.15) is 8.78 Å². The van der Waals surface area contributed by atoms with Crippen LogP contribution >= 0.6 is 7.60 Å². The van der Waals surface area contributed by atoms with E-state index in [1.807, 2.05) is 0 Å². The highest BCUT2D eigenvalue weighted by molar-refractivity contribution is 7.54. The SMILES string of the molecule is CCOP(=O)(OCC)C(F)(F)c1ccc(CC(NC=O)(OCc2ccccc2)C(=O)NCCCOc2ccc(C(C)=O)cc2[N+](=O)[O-])cc1. The summed E-state index contributed by atoms with van der Waals surface area (Å²) in [5, 5.41) is 16.6. The molecule has 49 heavy (non-hydrogen) atoms. The van der Waals surface area contributed by atoms with Gasteiger partial charge in [-0.25, -0.2) is 0 Å². The number of nitrogens with zero attached hydrogens (tertiary/aromatic N) is 1. The zero-order valence-corrected chi connectivity index (χ0v) is 28.1. The summed E-state index contributed by atoms with van der Waals surface area (Å²) in [5.74, 6) is -1.17. The summed E-state index contributed by atoms with van der Waals surface area (Å²) in [4.78, 5) is 47.9. The van der Waals surface area contributed by atoms with E-state index in [-0.39, 0.29) is 75.0 Å². The van der Waals surface area contributed by atoms with E-state index < -0.39 is 35.4 Å². The van der Waals surface area contributed by atoms with Crippen LogP contribution in [0.1, 0.15) is 54.2 Å². The average molecular weight is 706 g/mol. The number of nitrogens with one attached hydrogen (secondary N) is 2. The molecule has 264 valence electrons. The Kier molecular flexibility index (Phi) is 14.1. The van der Waals surface area contributed by atoms with Gasteiger partial charge in [0.15, 0.2) is 11.5 Å². The summed E-state index contributed by atoms with van der Waals surface area (Å²) in [6.07, 6.45) is 0.160. The first-order valence-corrected chi connectivity index (χ1v) is 16.8. The Morgan fingerprint density at radius 2 is 1.63 bits per heavy atom. The quantitative estimate of drug-likeness (QED) is 0.0259. The summed E-state index contributed by atoms with van der Waals surface area (Å²) in [6, 6.07) is 17.2. The van der Waals surface area contributed by atoms with E-state index in [0.717, 1.165) is 18.2 Å². The molecule has 2 amide bonds. The van der Waals surface area contributed by atoms with Crippen LogP contribution in [0.25, 0.3) is 0 Å². The molecule has 0 radical (unpaired) electrons. The van der Waals surface area contributed by atoms with Crippen LogP contribution in [0.4, 0.5) is 14.5 Å². The van der Waals surface area contributed by atoms with Gasteiger partial charge in [-0.1, -0.05) is 54.6 Å². The molecule has 2 N–H and O–H groups in total. The Labute approximate surface area is 282 Å². The first kappa shape index (κ1) is 38.9. The highest BCUT2D eigenvalue weighted by Crippen LogP contribution is 2.66. The standard InChI is InChI=1S/C33H38F2N3O10P/c1-4-47-49(44,48-5-2)33(34,35)28-15-12-25(13-16-28)21-32(37-23-39,46-22-26-10-7-6-8-11-26)31(41)36-18-9-19-45-30-17-14-27(24(3)40)20-29(30)38(42)43/h6-8,10-17,20,23H,4-5,9,18-19,21-22H2,1-3H3,(H,36,41)(H,37,39). The Balaban J connectivity index is 1.79. The minimum absolute atomic E-state index is 0.00948. The van der Waals surface area contributed by atoms with E-state index in [2.05, 4.69) is 10.6 Å². The van der Waals surface area contributed by atoms with Crippen LogP contribution in [0.3, 0.4) is 0 Å². The number of alkyl halides is 2. The van der Waals surface area contributed by atoms with Crippen LogP contribution in [-0.2, 0) is 46.6 Å². The van der Waals surface area contributed by atoms with Crippen LogP contribution in [0, 0.1) is 10.1 Å². The zero-order valence-electron chi connectivity index (χ0n) is 27.2. The molecule has 1 atom stereocenters. The molecule has 0 bridgehead atoms. The van der Waals surface area contributed by atoms with Crippen molar-refractivity contribution in [2.75, 3.05) is 26.4 Å². The van der Waals surface area contributed by atoms with Crippen molar-refractivity contribution in [3.8, 4) is 5.75 Å². The van der Waals surface area contributed by atoms with Crippen LogP contribution in [0.5, 0.6) is 5.75 Å². The fourth-order valence-corrected chi connectivity index (χ4v) is 6.18. The maximum absolute atomic E-state index is 15.3. The van der Waals surface area contributed by atoms with Gasteiger partial charge in [0.1, 0.15) is 0 Å². The topological polar surface area (TPSA) is 172 Å². The minimum Gasteiger partial charge on any atom is -0.487 e. The molecule has 3 aromatic carbocycles. The van der Waals surface area contributed by atoms with Gasteiger partial charge in [0.05, 0.1) is 31.4 Å². The number of Topliss-reactive ketones (excluding diaryl/α,β-unsaturated/α-hetero) is 1. The molecule has 0 aliphatic heterocycles. The lowest BCUT2D eigenvalue weighted by Gasteiger charge is -2.32. The molecular weight excluding hydrogens is 667 g/mol. The van der Waals surface area contributed by atoms with Crippen molar-refractivity contribution in [3.63, 3.8) is 0 Å². The number of hydrogen-bond acceptors (Lipinski definition) is 10. The number of ether oxygens (including phenoxy) is 2. The summed E-state index contributed by atoms with van der Waals surface area (Å²) >= 11 is 0. The van der Waals surface area contributed by atoms with Crippen molar-refractivity contribution in [2.24, 2.45) is 0 Å². The molecule has 0 aromatic heterocycles. The van der Waals surface area contributed by atoms with E-state index in [0.29, 0.717) is 11.1 Å². The number of ketones is 1. The molecule has 3 rings (SSSR count). The second kappa shape index (κ2) is 17.7. The lowest BCUT2D eigenvalue weighted by atomic mass is 9.99. The molecule has 0 fully saturated rings. The molecule has 0 spiro atoms. The first-order chi connectivity index (χ1) is 23.3. The summed E-state index contributed by atoms with van der Waals surface area (Å²) in [5.41, 5.74) is -5.87. The predicted molar refractivity (Wildman–Crippen MR) is 174 cm³/mol. The first-order valence-electron chi connectivity index (χ1n) is 15.3. The fraction of sp³-hybridized carbons (Fsp3) is 0.364. The summed E-state index contributed by atoms with van der Waals surface area (Å²) < 4.78 is 64.8. The monoisotopic (exact) mass is 705 g/mol. The normalized spacial score (nSPS) is 12.8. The van der Waals surface area contributed by atoms with E-state index in [1.165, 1.54) is 45.0 Å². The van der Waals surface area contributed by atoms with E-state index >= 15 is 8.78 Å². The maximum atomic E-state index is 15.3. The zero-order chi connectivity index (χ0) is 36.1. The Hall–Kier alpha value is -4.56. The molecule has 3 aromatic rings. The minimum atomic E-state index is -4.86. The fourth-order valence-electron chi connectivity index (χ4n) is 4.64.